The summed E-state index contributed by atoms with van der Waals surface area (Å²) >= 11 is 0. The molecule has 2 nitrogen and oxygen atoms in total. The number of esters is 1. The van der Waals surface area contributed by atoms with E-state index in [2.05, 4.69) is 6.58 Å². The topological polar surface area (TPSA) is 26.3 Å². The molecule has 0 fully saturated rings. The maximum Gasteiger partial charge on any atom is 0.303 e. The van der Waals surface area contributed by atoms with Crippen LogP contribution in [-0.2, 0) is 9.53 Å². The van der Waals surface area contributed by atoms with E-state index in [1.807, 2.05) is 27.7 Å². The van der Waals surface area contributed by atoms with Gasteiger partial charge >= 0.3 is 5.97 Å². The Balaban J connectivity index is 4.59. The number of ether oxygens (including phenoxy) is 1. The van der Waals surface area contributed by atoms with Gasteiger partial charge in [-0.1, -0.05) is 19.9 Å². The molecule has 0 atom stereocenters. The monoisotopic (exact) mass is 170 g/mol. The second-order valence-electron chi connectivity index (χ2n) is 4.03. The summed E-state index contributed by atoms with van der Waals surface area (Å²) in [5.41, 5.74) is -0.709. The summed E-state index contributed by atoms with van der Waals surface area (Å²) in [5.74, 6) is -0.255. The van der Waals surface area contributed by atoms with Crippen molar-refractivity contribution in [1.82, 2.24) is 0 Å². The average Bonchev–Trinajstić information content (AvgIpc) is 1.84. The number of hydrogen-bond donors (Lipinski definition) is 0. The van der Waals surface area contributed by atoms with Gasteiger partial charge < -0.3 is 4.74 Å². The van der Waals surface area contributed by atoms with Crippen molar-refractivity contribution in [3.63, 3.8) is 0 Å². The van der Waals surface area contributed by atoms with Crippen molar-refractivity contribution in [2.75, 3.05) is 0 Å². The molecule has 0 spiro atoms. The zero-order valence-electron chi connectivity index (χ0n) is 8.60. The third kappa shape index (κ3) is 2.36. The quantitative estimate of drug-likeness (QED) is 0.480. The van der Waals surface area contributed by atoms with Gasteiger partial charge in [0.1, 0.15) is 5.60 Å². The predicted octanol–water partition coefficient (Wildman–Crippen LogP) is 2.54. The van der Waals surface area contributed by atoms with Gasteiger partial charge in [-0.3, -0.25) is 4.79 Å². The summed E-state index contributed by atoms with van der Waals surface area (Å²) in [6, 6.07) is 0. The molecule has 0 aromatic heterocycles. The van der Waals surface area contributed by atoms with Crippen LogP contribution in [-0.4, -0.2) is 11.6 Å². The third-order valence-electron chi connectivity index (χ3n) is 2.46. The van der Waals surface area contributed by atoms with Crippen molar-refractivity contribution < 1.29 is 9.53 Å². The summed E-state index contributed by atoms with van der Waals surface area (Å²) in [6.45, 7) is 12.9. The van der Waals surface area contributed by atoms with Crippen LogP contribution in [0.4, 0.5) is 0 Å². The lowest BCUT2D eigenvalue weighted by atomic mass is 9.77. The van der Waals surface area contributed by atoms with Crippen LogP contribution in [0.3, 0.4) is 0 Å². The lowest BCUT2D eigenvalue weighted by Crippen LogP contribution is -2.41. The molecule has 0 amide bonds. The van der Waals surface area contributed by atoms with E-state index in [0.29, 0.717) is 0 Å². The molecule has 0 aromatic carbocycles. The normalized spacial score (nSPS) is 12.4. The molecule has 0 aromatic rings. The van der Waals surface area contributed by atoms with Gasteiger partial charge in [-0.25, -0.2) is 0 Å². The molecule has 70 valence electrons. The SMILES string of the molecule is C=CC(C)(C)C(C)(C)OC(C)=O. The standard InChI is InChI=1S/C10H18O2/c1-7-9(3,4)10(5,6)12-8(2)11/h7H,1H2,2-6H3. The van der Waals surface area contributed by atoms with Crippen LogP contribution in [0.25, 0.3) is 0 Å². The van der Waals surface area contributed by atoms with Crippen LogP contribution < -0.4 is 0 Å². The fourth-order valence-electron chi connectivity index (χ4n) is 0.737. The number of carbonyl (C=O) groups excluding carboxylic acids is 1. The van der Waals surface area contributed by atoms with E-state index in [4.69, 9.17) is 4.74 Å². The van der Waals surface area contributed by atoms with Crippen molar-refractivity contribution in [3.05, 3.63) is 12.7 Å². The number of rotatable bonds is 3. The summed E-state index contributed by atoms with van der Waals surface area (Å²) in [6.07, 6.45) is 1.80. The van der Waals surface area contributed by atoms with Crippen LogP contribution >= 0.6 is 0 Å². The maximum absolute atomic E-state index is 10.8. The second-order valence-corrected chi connectivity index (χ2v) is 4.03. The lowest BCUT2D eigenvalue weighted by molar-refractivity contribution is -0.162. The molecule has 0 saturated carbocycles. The highest BCUT2D eigenvalue weighted by Crippen LogP contribution is 2.34. The molecule has 0 heterocycles. The van der Waals surface area contributed by atoms with Crippen LogP contribution in [0.2, 0.25) is 0 Å². The molecular formula is C10H18O2. The zero-order valence-corrected chi connectivity index (χ0v) is 8.60. The smallest absolute Gasteiger partial charge is 0.303 e. The first-order valence-electron chi connectivity index (χ1n) is 4.06. The molecule has 0 bridgehead atoms. The Kier molecular flexibility index (Phi) is 3.08. The van der Waals surface area contributed by atoms with Gasteiger partial charge in [0.2, 0.25) is 0 Å². The summed E-state index contributed by atoms with van der Waals surface area (Å²) in [7, 11) is 0. The minimum atomic E-state index is -0.499. The maximum atomic E-state index is 10.8. The number of hydrogen-bond acceptors (Lipinski definition) is 2. The van der Waals surface area contributed by atoms with E-state index in [9.17, 15) is 4.79 Å². The third-order valence-corrected chi connectivity index (χ3v) is 2.46. The molecule has 0 aliphatic rings. The highest BCUT2D eigenvalue weighted by Gasteiger charge is 2.37. The lowest BCUT2D eigenvalue weighted by Gasteiger charge is -2.38. The summed E-state index contributed by atoms with van der Waals surface area (Å²) in [4.78, 5) is 10.8. The van der Waals surface area contributed by atoms with Crippen molar-refractivity contribution in [2.24, 2.45) is 5.41 Å². The minimum Gasteiger partial charge on any atom is -0.459 e. The first-order valence-corrected chi connectivity index (χ1v) is 4.06. The van der Waals surface area contributed by atoms with Gasteiger partial charge in [0.15, 0.2) is 0 Å². The van der Waals surface area contributed by atoms with Gasteiger partial charge in [-0.15, -0.1) is 6.58 Å². The van der Waals surface area contributed by atoms with E-state index in [1.165, 1.54) is 6.92 Å². The molecule has 0 unspecified atom stereocenters. The van der Waals surface area contributed by atoms with Gasteiger partial charge in [-0.2, -0.15) is 0 Å². The molecule has 0 saturated heterocycles. The van der Waals surface area contributed by atoms with Gasteiger partial charge in [-0.05, 0) is 13.8 Å². The molecule has 0 aliphatic carbocycles. The van der Waals surface area contributed by atoms with Gasteiger partial charge in [0.25, 0.3) is 0 Å². The molecule has 2 heteroatoms. The highest BCUT2D eigenvalue weighted by atomic mass is 16.6. The second kappa shape index (κ2) is 3.30. The Morgan fingerprint density at radius 1 is 1.33 bits per heavy atom. The highest BCUT2D eigenvalue weighted by molar-refractivity contribution is 5.66. The molecule has 0 radical (unpaired) electrons. The van der Waals surface area contributed by atoms with E-state index in [0.717, 1.165) is 0 Å². The Hall–Kier alpha value is -0.790. The van der Waals surface area contributed by atoms with Crippen molar-refractivity contribution in [1.29, 1.82) is 0 Å². The molecule has 0 N–H and O–H groups in total. The fourth-order valence-corrected chi connectivity index (χ4v) is 0.737. The van der Waals surface area contributed by atoms with Gasteiger partial charge in [0, 0.05) is 12.3 Å². The van der Waals surface area contributed by atoms with Gasteiger partial charge in [0.05, 0.1) is 0 Å². The van der Waals surface area contributed by atoms with E-state index < -0.39 is 5.60 Å². The average molecular weight is 170 g/mol. The van der Waals surface area contributed by atoms with Crippen molar-refractivity contribution in [3.8, 4) is 0 Å². The largest absolute Gasteiger partial charge is 0.459 e. The Morgan fingerprint density at radius 3 is 2.00 bits per heavy atom. The van der Waals surface area contributed by atoms with Crippen molar-refractivity contribution >= 4 is 5.97 Å². The molecule has 12 heavy (non-hydrogen) atoms. The molecule has 0 aliphatic heterocycles. The van der Waals surface area contributed by atoms with Crippen LogP contribution in [0.1, 0.15) is 34.6 Å². The Bertz CT molecular complexity index is 190. The van der Waals surface area contributed by atoms with Crippen LogP contribution in [0, 0.1) is 5.41 Å². The molecular weight excluding hydrogens is 152 g/mol. The first-order chi connectivity index (χ1) is 5.23. The zero-order chi connectivity index (χ0) is 9.99. The minimum absolute atomic E-state index is 0.210. The van der Waals surface area contributed by atoms with E-state index >= 15 is 0 Å². The van der Waals surface area contributed by atoms with E-state index in [1.54, 1.807) is 6.08 Å². The molecule has 0 rings (SSSR count). The van der Waals surface area contributed by atoms with Crippen LogP contribution in [0.5, 0.6) is 0 Å². The van der Waals surface area contributed by atoms with Crippen LogP contribution in [0.15, 0.2) is 12.7 Å². The first kappa shape index (κ1) is 11.2. The predicted molar refractivity (Wildman–Crippen MR) is 49.8 cm³/mol. The summed E-state index contributed by atoms with van der Waals surface area (Å²) in [5, 5.41) is 0. The Morgan fingerprint density at radius 2 is 1.75 bits per heavy atom. The fraction of sp³-hybridized carbons (Fsp3) is 0.700. The Labute approximate surface area is 74.6 Å². The van der Waals surface area contributed by atoms with Crippen molar-refractivity contribution in [2.45, 2.75) is 40.2 Å². The van der Waals surface area contributed by atoms with E-state index in [-0.39, 0.29) is 11.4 Å². The number of carbonyl (C=O) groups is 1. The summed E-state index contributed by atoms with van der Waals surface area (Å²) < 4.78 is 5.18.